The number of urea groups is 1. The lowest BCUT2D eigenvalue weighted by Gasteiger charge is -2.26. The van der Waals surface area contributed by atoms with Crippen LogP contribution in [0.15, 0.2) is 28.9 Å². The van der Waals surface area contributed by atoms with Gasteiger partial charge in [0.25, 0.3) is 0 Å². The van der Waals surface area contributed by atoms with Crippen molar-refractivity contribution >= 4 is 17.7 Å². The molecule has 0 aliphatic rings. The molecule has 2 amide bonds. The number of carbonyl (C=O) groups is 2. The van der Waals surface area contributed by atoms with Crippen LogP contribution < -0.4 is 5.32 Å². The fourth-order valence-electron chi connectivity index (χ4n) is 2.29. The monoisotopic (exact) mass is 345 g/mol. The fourth-order valence-corrected chi connectivity index (χ4v) is 2.29. The van der Waals surface area contributed by atoms with Gasteiger partial charge >= 0.3 is 12.0 Å². The van der Waals surface area contributed by atoms with Crippen molar-refractivity contribution in [3.05, 3.63) is 47.2 Å². The first-order valence-electron chi connectivity index (χ1n) is 8.00. The van der Waals surface area contributed by atoms with E-state index in [1.165, 1.54) is 13.4 Å². The second-order valence-electron chi connectivity index (χ2n) is 6.02. The Balaban J connectivity index is 2.14. The van der Waals surface area contributed by atoms with E-state index in [9.17, 15) is 9.59 Å². The minimum atomic E-state index is -0.578. The summed E-state index contributed by atoms with van der Waals surface area (Å²) in [7, 11) is 1.27. The Morgan fingerprint density at radius 3 is 2.68 bits per heavy atom. The SMILES string of the molecule is COC(=O)c1coc(CN(C(=O)Nc2cccc(C)c2C)C(C)C)n1. The summed E-state index contributed by atoms with van der Waals surface area (Å²) in [6.45, 7) is 7.89. The number of hydrogen-bond acceptors (Lipinski definition) is 5. The van der Waals surface area contributed by atoms with Gasteiger partial charge < -0.3 is 19.4 Å². The number of anilines is 1. The maximum Gasteiger partial charge on any atom is 0.360 e. The first-order valence-corrected chi connectivity index (χ1v) is 8.00. The molecule has 2 aromatic rings. The Bertz CT molecular complexity index is 767. The van der Waals surface area contributed by atoms with Gasteiger partial charge in [0, 0.05) is 11.7 Å². The van der Waals surface area contributed by atoms with Crippen molar-refractivity contribution < 1.29 is 18.7 Å². The van der Waals surface area contributed by atoms with E-state index < -0.39 is 5.97 Å². The average molecular weight is 345 g/mol. The summed E-state index contributed by atoms with van der Waals surface area (Å²) in [5, 5.41) is 2.92. The first-order chi connectivity index (χ1) is 11.8. The third-order valence-electron chi connectivity index (χ3n) is 3.98. The zero-order valence-electron chi connectivity index (χ0n) is 15.1. The second kappa shape index (κ2) is 7.83. The van der Waals surface area contributed by atoms with E-state index in [2.05, 4.69) is 15.0 Å². The molecule has 1 N–H and O–H groups in total. The average Bonchev–Trinajstić information content (AvgIpc) is 3.04. The number of esters is 1. The normalized spacial score (nSPS) is 10.6. The molecule has 0 unspecified atom stereocenters. The molecular weight excluding hydrogens is 322 g/mol. The number of aromatic nitrogens is 1. The topological polar surface area (TPSA) is 84.7 Å². The highest BCUT2D eigenvalue weighted by molar-refractivity contribution is 5.90. The van der Waals surface area contributed by atoms with Crippen molar-refractivity contribution in [3.8, 4) is 0 Å². The number of oxazole rings is 1. The number of benzene rings is 1. The second-order valence-corrected chi connectivity index (χ2v) is 6.02. The van der Waals surface area contributed by atoms with Gasteiger partial charge in [0.05, 0.1) is 13.7 Å². The molecule has 134 valence electrons. The molecule has 1 aromatic carbocycles. The number of ether oxygens (including phenoxy) is 1. The van der Waals surface area contributed by atoms with Gasteiger partial charge in [-0.05, 0) is 44.9 Å². The molecule has 2 rings (SSSR count). The molecule has 7 nitrogen and oxygen atoms in total. The molecule has 0 atom stereocenters. The highest BCUT2D eigenvalue weighted by atomic mass is 16.5. The van der Waals surface area contributed by atoms with Crippen LogP contribution in [0, 0.1) is 13.8 Å². The molecule has 0 fully saturated rings. The van der Waals surface area contributed by atoms with Crippen LogP contribution in [-0.2, 0) is 11.3 Å². The summed E-state index contributed by atoms with van der Waals surface area (Å²) in [6.07, 6.45) is 1.22. The van der Waals surface area contributed by atoms with E-state index in [0.717, 1.165) is 16.8 Å². The Labute approximate surface area is 147 Å². The van der Waals surface area contributed by atoms with Crippen LogP contribution >= 0.6 is 0 Å². The largest absolute Gasteiger partial charge is 0.464 e. The minimum Gasteiger partial charge on any atom is -0.464 e. The summed E-state index contributed by atoms with van der Waals surface area (Å²) in [4.78, 5) is 29.8. The van der Waals surface area contributed by atoms with E-state index in [4.69, 9.17) is 4.42 Å². The Morgan fingerprint density at radius 2 is 2.04 bits per heavy atom. The van der Waals surface area contributed by atoms with E-state index in [1.54, 1.807) is 4.90 Å². The molecule has 0 aliphatic heterocycles. The lowest BCUT2D eigenvalue weighted by atomic mass is 10.1. The number of amides is 2. The first kappa shape index (κ1) is 18.5. The molecular formula is C18H23N3O4. The molecule has 1 heterocycles. The van der Waals surface area contributed by atoms with Crippen molar-refractivity contribution in [2.75, 3.05) is 12.4 Å². The smallest absolute Gasteiger partial charge is 0.360 e. The van der Waals surface area contributed by atoms with Crippen LogP contribution in [0.1, 0.15) is 41.4 Å². The van der Waals surface area contributed by atoms with E-state index in [-0.39, 0.29) is 30.2 Å². The van der Waals surface area contributed by atoms with Crippen LogP contribution in [0.3, 0.4) is 0 Å². The van der Waals surface area contributed by atoms with Gasteiger partial charge in [0.2, 0.25) is 5.89 Å². The van der Waals surface area contributed by atoms with Crippen molar-refractivity contribution in [2.45, 2.75) is 40.3 Å². The Kier molecular flexibility index (Phi) is 5.80. The number of nitrogens with one attached hydrogen (secondary N) is 1. The number of hydrogen-bond donors (Lipinski definition) is 1. The molecule has 0 bridgehead atoms. The Hall–Kier alpha value is -2.83. The molecule has 0 spiro atoms. The van der Waals surface area contributed by atoms with Gasteiger partial charge in [-0.15, -0.1) is 0 Å². The van der Waals surface area contributed by atoms with Crippen LogP contribution in [0.4, 0.5) is 10.5 Å². The quantitative estimate of drug-likeness (QED) is 0.838. The van der Waals surface area contributed by atoms with E-state index in [1.807, 2.05) is 45.9 Å². The molecule has 7 heteroatoms. The highest BCUT2D eigenvalue weighted by Gasteiger charge is 2.22. The molecule has 25 heavy (non-hydrogen) atoms. The molecule has 0 radical (unpaired) electrons. The number of aryl methyl sites for hydroxylation is 1. The van der Waals surface area contributed by atoms with Crippen LogP contribution in [0.2, 0.25) is 0 Å². The van der Waals surface area contributed by atoms with Crippen molar-refractivity contribution in [1.82, 2.24) is 9.88 Å². The van der Waals surface area contributed by atoms with Gasteiger partial charge in [-0.1, -0.05) is 12.1 Å². The zero-order valence-corrected chi connectivity index (χ0v) is 15.1. The predicted molar refractivity (Wildman–Crippen MR) is 93.5 cm³/mol. The summed E-state index contributed by atoms with van der Waals surface area (Å²) >= 11 is 0. The fraction of sp³-hybridized carbons (Fsp3) is 0.389. The number of nitrogens with zero attached hydrogens (tertiary/aromatic N) is 2. The lowest BCUT2D eigenvalue weighted by Crippen LogP contribution is -2.39. The van der Waals surface area contributed by atoms with Gasteiger partial charge in [0.1, 0.15) is 6.26 Å². The minimum absolute atomic E-state index is 0.0798. The third kappa shape index (κ3) is 4.37. The summed E-state index contributed by atoms with van der Waals surface area (Å²) in [5.41, 5.74) is 2.96. The van der Waals surface area contributed by atoms with Gasteiger partial charge in [-0.3, -0.25) is 0 Å². The standard InChI is InChI=1S/C18H23N3O4/c1-11(2)21(9-16-19-15(10-25-16)17(22)24-5)18(23)20-14-8-6-7-12(3)13(14)4/h6-8,10-11H,9H2,1-5H3,(H,20,23). The number of carbonyl (C=O) groups excluding carboxylic acids is 2. The zero-order chi connectivity index (χ0) is 18.6. The number of methoxy groups -OCH3 is 1. The summed E-state index contributed by atoms with van der Waals surface area (Å²) in [5.74, 6) is -0.309. The molecule has 1 aromatic heterocycles. The van der Waals surface area contributed by atoms with Crippen molar-refractivity contribution in [2.24, 2.45) is 0 Å². The van der Waals surface area contributed by atoms with Crippen LogP contribution in [-0.4, -0.2) is 35.0 Å². The maximum absolute atomic E-state index is 12.7. The summed E-state index contributed by atoms with van der Waals surface area (Å²) < 4.78 is 9.88. The lowest BCUT2D eigenvalue weighted by molar-refractivity contribution is 0.0594. The summed E-state index contributed by atoms with van der Waals surface area (Å²) in [6, 6.07) is 5.40. The van der Waals surface area contributed by atoms with E-state index >= 15 is 0 Å². The van der Waals surface area contributed by atoms with Crippen LogP contribution in [0.5, 0.6) is 0 Å². The predicted octanol–water partition coefficient (Wildman–Crippen LogP) is 3.52. The van der Waals surface area contributed by atoms with E-state index in [0.29, 0.717) is 0 Å². The maximum atomic E-state index is 12.7. The third-order valence-corrected chi connectivity index (χ3v) is 3.98. The molecule has 0 aliphatic carbocycles. The van der Waals surface area contributed by atoms with Gasteiger partial charge in [-0.25, -0.2) is 14.6 Å². The van der Waals surface area contributed by atoms with Crippen molar-refractivity contribution in [1.29, 1.82) is 0 Å². The highest BCUT2D eigenvalue weighted by Crippen LogP contribution is 2.19. The van der Waals surface area contributed by atoms with Gasteiger partial charge in [-0.2, -0.15) is 0 Å². The van der Waals surface area contributed by atoms with Gasteiger partial charge in [0.15, 0.2) is 5.69 Å². The molecule has 0 saturated carbocycles. The van der Waals surface area contributed by atoms with Crippen molar-refractivity contribution in [3.63, 3.8) is 0 Å². The number of rotatable bonds is 5. The molecule has 0 saturated heterocycles. The Morgan fingerprint density at radius 1 is 1.32 bits per heavy atom. The van der Waals surface area contributed by atoms with Crippen LogP contribution in [0.25, 0.3) is 0 Å².